The number of amides is 2. The number of hydrogen-bond acceptors (Lipinski definition) is 6. The first kappa shape index (κ1) is 25.2. The third kappa shape index (κ3) is 6.14. The summed E-state index contributed by atoms with van der Waals surface area (Å²) in [4.78, 5) is 28.9. The molecule has 9 heteroatoms. The van der Waals surface area contributed by atoms with Gasteiger partial charge in [0, 0.05) is 36.9 Å². The number of benzene rings is 3. The van der Waals surface area contributed by atoms with Gasteiger partial charge in [-0.3, -0.25) is 14.7 Å². The fourth-order valence-electron chi connectivity index (χ4n) is 3.47. The van der Waals surface area contributed by atoms with Crippen LogP contribution in [0.4, 0.5) is 0 Å². The minimum atomic E-state index is -0.742. The number of nitrogens with zero attached hydrogens (tertiary/aromatic N) is 3. The van der Waals surface area contributed by atoms with Gasteiger partial charge in [0.1, 0.15) is 28.9 Å². The van der Waals surface area contributed by atoms with E-state index in [0.29, 0.717) is 28.8 Å². The number of carbonyl (C=O) groups excluding carboxylic acids is 2. The van der Waals surface area contributed by atoms with Crippen LogP contribution in [0.5, 0.6) is 17.2 Å². The number of aromatic amines is 1. The summed E-state index contributed by atoms with van der Waals surface area (Å²) in [6.07, 6.45) is 0. The van der Waals surface area contributed by atoms with Crippen molar-refractivity contribution in [2.24, 2.45) is 5.73 Å². The minimum absolute atomic E-state index is 0.0109. The van der Waals surface area contributed by atoms with Crippen LogP contribution in [0.1, 0.15) is 40.1 Å². The van der Waals surface area contributed by atoms with Crippen molar-refractivity contribution >= 4 is 22.6 Å². The molecule has 35 heavy (non-hydrogen) atoms. The highest BCUT2D eigenvalue weighted by molar-refractivity contribution is 6.05. The summed E-state index contributed by atoms with van der Waals surface area (Å²) in [6, 6.07) is 14.2. The number of aromatic nitrogens is 3. The molecular formula is C26H29N5O4. The maximum absolute atomic E-state index is 11.8. The Hall–Kier alpha value is -4.40. The predicted molar refractivity (Wildman–Crippen MR) is 133 cm³/mol. The van der Waals surface area contributed by atoms with Gasteiger partial charge in [0.25, 0.3) is 5.91 Å². The van der Waals surface area contributed by atoms with E-state index in [1.807, 2.05) is 45.0 Å². The average Bonchev–Trinajstić information content (AvgIpc) is 3.19. The van der Waals surface area contributed by atoms with Crippen LogP contribution < -0.4 is 10.5 Å². The van der Waals surface area contributed by atoms with Crippen molar-refractivity contribution < 1.29 is 19.4 Å². The van der Waals surface area contributed by atoms with E-state index >= 15 is 0 Å². The second-order valence-electron chi connectivity index (χ2n) is 8.24. The Kier molecular flexibility index (Phi) is 7.70. The van der Waals surface area contributed by atoms with Crippen molar-refractivity contribution in [1.82, 2.24) is 20.1 Å². The zero-order chi connectivity index (χ0) is 25.7. The van der Waals surface area contributed by atoms with Gasteiger partial charge in [-0.1, -0.05) is 42.0 Å². The highest BCUT2D eigenvalue weighted by atomic mass is 16.5. The van der Waals surface area contributed by atoms with Gasteiger partial charge in [0.05, 0.1) is 5.56 Å². The molecule has 182 valence electrons. The zero-order valence-corrected chi connectivity index (χ0v) is 20.4. The zero-order valence-electron chi connectivity index (χ0n) is 20.4. The number of phenols is 1. The molecule has 0 unspecified atom stereocenters. The first-order valence-corrected chi connectivity index (χ1v) is 11.0. The van der Waals surface area contributed by atoms with Gasteiger partial charge in [-0.25, -0.2) is 4.98 Å². The molecule has 0 bridgehead atoms. The maximum Gasteiger partial charge on any atom is 0.252 e. The molecule has 0 spiro atoms. The number of ether oxygens (including phenoxy) is 1. The largest absolute Gasteiger partial charge is 0.506 e. The summed E-state index contributed by atoms with van der Waals surface area (Å²) in [6.45, 7) is 7.57. The summed E-state index contributed by atoms with van der Waals surface area (Å²) in [7, 11) is 1.72. The van der Waals surface area contributed by atoms with E-state index in [2.05, 4.69) is 15.2 Å². The van der Waals surface area contributed by atoms with Gasteiger partial charge in [0.15, 0.2) is 0 Å². The highest BCUT2D eigenvalue weighted by Crippen LogP contribution is 2.38. The van der Waals surface area contributed by atoms with E-state index in [1.54, 1.807) is 30.1 Å². The van der Waals surface area contributed by atoms with E-state index in [-0.39, 0.29) is 17.2 Å². The van der Waals surface area contributed by atoms with Gasteiger partial charge >= 0.3 is 0 Å². The molecule has 0 aliphatic carbocycles. The van der Waals surface area contributed by atoms with E-state index in [9.17, 15) is 14.7 Å². The van der Waals surface area contributed by atoms with Crippen molar-refractivity contribution in [3.63, 3.8) is 0 Å². The molecule has 4 aromatic rings. The number of fused-ring (bicyclic) bond motifs is 1. The van der Waals surface area contributed by atoms with Crippen molar-refractivity contribution in [2.75, 3.05) is 7.05 Å². The number of nitrogens with two attached hydrogens (primary N) is 1. The number of aromatic hydroxyl groups is 1. The predicted octanol–water partition coefficient (Wildman–Crippen LogP) is 4.14. The Morgan fingerprint density at radius 3 is 2.29 bits per heavy atom. The minimum Gasteiger partial charge on any atom is -0.506 e. The number of carbonyl (C=O) groups is 2. The number of hydrogen-bond donors (Lipinski definition) is 3. The lowest BCUT2D eigenvalue weighted by atomic mass is 10.0. The van der Waals surface area contributed by atoms with Crippen LogP contribution in [0, 0.1) is 20.8 Å². The Labute approximate surface area is 203 Å². The molecule has 2 amide bonds. The summed E-state index contributed by atoms with van der Waals surface area (Å²) in [5.74, 6) is 1.67. The SMILES string of the molecule is CC(=O)N(C)Cc1cc(C)ccc1Oc1cc(C(N)=O)c(O)c2ccccc12.Cc1n[nH]c(C)n1. The lowest BCUT2D eigenvalue weighted by Gasteiger charge is -2.19. The smallest absolute Gasteiger partial charge is 0.252 e. The number of H-pyrrole nitrogens is 1. The Balaban J connectivity index is 0.000000420. The maximum atomic E-state index is 11.8. The molecule has 1 heterocycles. The first-order valence-electron chi connectivity index (χ1n) is 11.0. The molecular weight excluding hydrogens is 446 g/mol. The molecule has 0 atom stereocenters. The van der Waals surface area contributed by atoms with Gasteiger partial charge in [-0.15, -0.1) is 0 Å². The standard InChI is InChI=1S/C22H22N2O4.C4H7N3/c1-13-8-9-19(15(10-13)12-24(3)14(2)25)28-20-11-18(22(23)27)21(26)17-7-5-4-6-16(17)20;1-3-5-4(2)7-6-3/h4-11,26H,12H2,1-3H3,(H2,23,27);1-2H3,(H,5,6,7). The number of nitrogens with one attached hydrogen (secondary N) is 1. The molecule has 0 saturated heterocycles. The quantitative estimate of drug-likeness (QED) is 0.397. The number of aryl methyl sites for hydroxylation is 3. The summed E-state index contributed by atoms with van der Waals surface area (Å²) in [5.41, 5.74) is 7.27. The summed E-state index contributed by atoms with van der Waals surface area (Å²) >= 11 is 0. The normalized spacial score (nSPS) is 10.4. The third-order valence-corrected chi connectivity index (χ3v) is 5.33. The summed E-state index contributed by atoms with van der Waals surface area (Å²) < 4.78 is 6.15. The first-order chi connectivity index (χ1) is 16.6. The van der Waals surface area contributed by atoms with Gasteiger partial charge < -0.3 is 20.5 Å². The third-order valence-electron chi connectivity index (χ3n) is 5.33. The molecule has 0 fully saturated rings. The fraction of sp³-hybridized carbons (Fsp3) is 0.231. The van der Waals surface area contributed by atoms with Crippen molar-refractivity contribution in [3.05, 3.63) is 76.9 Å². The molecule has 0 radical (unpaired) electrons. The molecule has 0 aliphatic rings. The fourth-order valence-corrected chi connectivity index (χ4v) is 3.47. The highest BCUT2D eigenvalue weighted by Gasteiger charge is 2.18. The topological polar surface area (TPSA) is 134 Å². The van der Waals surface area contributed by atoms with Crippen LogP contribution in [0.15, 0.2) is 48.5 Å². The van der Waals surface area contributed by atoms with Crippen molar-refractivity contribution in [2.45, 2.75) is 34.2 Å². The van der Waals surface area contributed by atoms with Crippen LogP contribution in [-0.4, -0.2) is 44.0 Å². The van der Waals surface area contributed by atoms with Crippen LogP contribution in [0.2, 0.25) is 0 Å². The van der Waals surface area contributed by atoms with Crippen molar-refractivity contribution in [3.8, 4) is 17.2 Å². The number of rotatable bonds is 5. The Morgan fingerprint density at radius 2 is 1.74 bits per heavy atom. The Morgan fingerprint density at radius 1 is 1.06 bits per heavy atom. The monoisotopic (exact) mass is 475 g/mol. The van der Waals surface area contributed by atoms with E-state index < -0.39 is 5.91 Å². The summed E-state index contributed by atoms with van der Waals surface area (Å²) in [5, 5.41) is 18.0. The molecule has 4 rings (SSSR count). The molecule has 3 aromatic carbocycles. The average molecular weight is 476 g/mol. The lowest BCUT2D eigenvalue weighted by Crippen LogP contribution is -2.23. The van der Waals surface area contributed by atoms with E-state index in [4.69, 9.17) is 10.5 Å². The van der Waals surface area contributed by atoms with Crippen LogP contribution in [0.25, 0.3) is 10.8 Å². The Bertz CT molecular complexity index is 1360. The molecule has 0 saturated carbocycles. The van der Waals surface area contributed by atoms with Gasteiger partial charge in [0.2, 0.25) is 5.91 Å². The number of primary amides is 1. The van der Waals surface area contributed by atoms with Gasteiger partial charge in [-0.2, -0.15) is 5.10 Å². The van der Waals surface area contributed by atoms with Crippen molar-refractivity contribution in [1.29, 1.82) is 0 Å². The second kappa shape index (κ2) is 10.7. The molecule has 9 nitrogen and oxygen atoms in total. The molecule has 1 aromatic heterocycles. The lowest BCUT2D eigenvalue weighted by molar-refractivity contribution is -0.128. The van der Waals surface area contributed by atoms with Gasteiger partial charge in [-0.05, 0) is 32.9 Å². The molecule has 4 N–H and O–H groups in total. The molecule has 0 aliphatic heterocycles. The van der Waals surface area contributed by atoms with Crippen LogP contribution in [0.3, 0.4) is 0 Å². The van der Waals surface area contributed by atoms with Crippen LogP contribution >= 0.6 is 0 Å². The van der Waals surface area contributed by atoms with E-state index in [0.717, 1.165) is 22.8 Å². The van der Waals surface area contributed by atoms with E-state index in [1.165, 1.54) is 13.0 Å². The second-order valence-corrected chi connectivity index (χ2v) is 8.24. The van der Waals surface area contributed by atoms with Crippen LogP contribution in [-0.2, 0) is 11.3 Å².